The van der Waals surface area contributed by atoms with Crippen LogP contribution in [0.2, 0.25) is 0 Å². The topological polar surface area (TPSA) is 49.8 Å². The summed E-state index contributed by atoms with van der Waals surface area (Å²) < 4.78 is 5.21. The van der Waals surface area contributed by atoms with Gasteiger partial charge in [-0.2, -0.15) is 0 Å². The van der Waals surface area contributed by atoms with Gasteiger partial charge in [0.1, 0.15) is 5.75 Å². The van der Waals surface area contributed by atoms with Crippen LogP contribution in [0.15, 0.2) is 18.2 Å². The monoisotopic (exact) mass is 251 g/mol. The minimum absolute atomic E-state index is 0.0823. The maximum absolute atomic E-state index is 10.8. The maximum Gasteiger partial charge on any atom is 0.317 e. The summed E-state index contributed by atoms with van der Waals surface area (Å²) >= 11 is 0. The third-order valence-corrected chi connectivity index (χ3v) is 2.76. The largest absolute Gasteiger partial charge is 0.496 e. The van der Waals surface area contributed by atoms with Crippen LogP contribution in [-0.4, -0.2) is 36.2 Å². The van der Waals surface area contributed by atoms with Gasteiger partial charge in [-0.05, 0) is 37.1 Å². The van der Waals surface area contributed by atoms with Gasteiger partial charge in [-0.3, -0.25) is 9.69 Å². The number of hydrogen-bond donors (Lipinski definition) is 1. The highest BCUT2D eigenvalue weighted by Gasteiger charge is 2.10. The van der Waals surface area contributed by atoms with Crippen molar-refractivity contribution in [2.45, 2.75) is 26.8 Å². The van der Waals surface area contributed by atoms with Crippen LogP contribution in [0.5, 0.6) is 5.75 Å². The van der Waals surface area contributed by atoms with Crippen molar-refractivity contribution < 1.29 is 14.6 Å². The van der Waals surface area contributed by atoms with E-state index in [0.717, 1.165) is 29.8 Å². The highest BCUT2D eigenvalue weighted by molar-refractivity contribution is 5.69. The number of carboxylic acids is 1. The van der Waals surface area contributed by atoms with Gasteiger partial charge in [0, 0.05) is 6.54 Å². The number of carbonyl (C=O) groups is 1. The summed E-state index contributed by atoms with van der Waals surface area (Å²) in [4.78, 5) is 12.7. The molecule has 1 rings (SSSR count). The van der Waals surface area contributed by atoms with Crippen LogP contribution in [0.4, 0.5) is 0 Å². The molecule has 0 fully saturated rings. The number of hydrogen-bond acceptors (Lipinski definition) is 3. The van der Waals surface area contributed by atoms with Gasteiger partial charge in [-0.15, -0.1) is 0 Å². The molecule has 0 aliphatic heterocycles. The molecule has 0 unspecified atom stereocenters. The van der Waals surface area contributed by atoms with Crippen LogP contribution in [0.1, 0.15) is 24.5 Å². The Morgan fingerprint density at radius 1 is 1.44 bits per heavy atom. The molecule has 0 aliphatic rings. The zero-order valence-electron chi connectivity index (χ0n) is 11.3. The molecule has 0 saturated carbocycles. The first kappa shape index (κ1) is 14.5. The number of benzene rings is 1. The Bertz CT molecular complexity index is 404. The molecule has 0 saturated heterocycles. The molecular formula is C14H21NO3. The Morgan fingerprint density at radius 2 is 2.17 bits per heavy atom. The summed E-state index contributed by atoms with van der Waals surface area (Å²) in [5.74, 6) is 0.0766. The third-order valence-electron chi connectivity index (χ3n) is 2.76. The molecule has 1 aromatic carbocycles. The predicted octanol–water partition coefficient (Wildman–Crippen LogP) is 2.30. The SMILES string of the molecule is CCCN(CC(=O)O)Cc1ccc(OC)c(C)c1. The second kappa shape index (κ2) is 7.01. The zero-order chi connectivity index (χ0) is 13.5. The molecule has 0 aromatic heterocycles. The first-order valence-corrected chi connectivity index (χ1v) is 6.14. The van der Waals surface area contributed by atoms with Crippen LogP contribution in [-0.2, 0) is 11.3 Å². The number of carboxylic acid groups (broad SMARTS) is 1. The maximum atomic E-state index is 10.8. The highest BCUT2D eigenvalue weighted by atomic mass is 16.5. The number of aryl methyl sites for hydroxylation is 1. The first-order valence-electron chi connectivity index (χ1n) is 6.14. The van der Waals surface area contributed by atoms with E-state index in [1.807, 2.05) is 36.9 Å². The lowest BCUT2D eigenvalue weighted by molar-refractivity contribution is -0.138. The smallest absolute Gasteiger partial charge is 0.317 e. The fourth-order valence-corrected chi connectivity index (χ4v) is 2.02. The van der Waals surface area contributed by atoms with Gasteiger partial charge in [0.05, 0.1) is 13.7 Å². The molecule has 1 N–H and O–H groups in total. The Balaban J connectivity index is 2.73. The summed E-state index contributed by atoms with van der Waals surface area (Å²) in [6, 6.07) is 5.95. The molecule has 1 aromatic rings. The Morgan fingerprint density at radius 3 is 2.67 bits per heavy atom. The second-order valence-electron chi connectivity index (χ2n) is 4.41. The fourth-order valence-electron chi connectivity index (χ4n) is 2.02. The van der Waals surface area contributed by atoms with E-state index in [9.17, 15) is 4.79 Å². The van der Waals surface area contributed by atoms with Crippen molar-refractivity contribution in [3.63, 3.8) is 0 Å². The lowest BCUT2D eigenvalue weighted by Crippen LogP contribution is -2.30. The van der Waals surface area contributed by atoms with Gasteiger partial charge in [0.2, 0.25) is 0 Å². The number of rotatable bonds is 7. The lowest BCUT2D eigenvalue weighted by Gasteiger charge is -2.20. The minimum Gasteiger partial charge on any atom is -0.496 e. The molecule has 100 valence electrons. The van der Waals surface area contributed by atoms with Crippen molar-refractivity contribution in [1.82, 2.24) is 4.90 Å². The average molecular weight is 251 g/mol. The molecule has 4 nitrogen and oxygen atoms in total. The molecule has 18 heavy (non-hydrogen) atoms. The van der Waals surface area contributed by atoms with Crippen molar-refractivity contribution in [3.05, 3.63) is 29.3 Å². The lowest BCUT2D eigenvalue weighted by atomic mass is 10.1. The van der Waals surface area contributed by atoms with Crippen LogP contribution < -0.4 is 4.74 Å². The molecule has 0 radical (unpaired) electrons. The normalized spacial score (nSPS) is 10.7. The van der Waals surface area contributed by atoms with E-state index in [0.29, 0.717) is 6.54 Å². The van der Waals surface area contributed by atoms with Crippen molar-refractivity contribution >= 4 is 5.97 Å². The van der Waals surface area contributed by atoms with Gasteiger partial charge >= 0.3 is 5.97 Å². The van der Waals surface area contributed by atoms with Gasteiger partial charge < -0.3 is 9.84 Å². The van der Waals surface area contributed by atoms with Crippen molar-refractivity contribution in [3.8, 4) is 5.75 Å². The van der Waals surface area contributed by atoms with E-state index in [4.69, 9.17) is 9.84 Å². The van der Waals surface area contributed by atoms with E-state index < -0.39 is 5.97 Å². The molecule has 0 aliphatic carbocycles. The molecule has 0 amide bonds. The van der Waals surface area contributed by atoms with Gasteiger partial charge in [0.15, 0.2) is 0 Å². The molecular weight excluding hydrogens is 230 g/mol. The van der Waals surface area contributed by atoms with E-state index in [1.54, 1.807) is 7.11 Å². The van der Waals surface area contributed by atoms with E-state index in [2.05, 4.69) is 0 Å². The fraction of sp³-hybridized carbons (Fsp3) is 0.500. The van der Waals surface area contributed by atoms with Gasteiger partial charge in [0.25, 0.3) is 0 Å². The van der Waals surface area contributed by atoms with Crippen molar-refractivity contribution in [1.29, 1.82) is 0 Å². The van der Waals surface area contributed by atoms with Crippen LogP contribution >= 0.6 is 0 Å². The first-order chi connectivity index (χ1) is 8.56. The van der Waals surface area contributed by atoms with Crippen molar-refractivity contribution in [2.24, 2.45) is 0 Å². The predicted molar refractivity (Wildman–Crippen MR) is 70.9 cm³/mol. The summed E-state index contributed by atoms with van der Waals surface area (Å²) in [5.41, 5.74) is 2.18. The third kappa shape index (κ3) is 4.37. The summed E-state index contributed by atoms with van der Waals surface area (Å²) in [6.07, 6.45) is 0.947. The number of aliphatic carboxylic acids is 1. The zero-order valence-corrected chi connectivity index (χ0v) is 11.3. The van der Waals surface area contributed by atoms with Crippen LogP contribution in [0.3, 0.4) is 0 Å². The average Bonchev–Trinajstić information content (AvgIpc) is 2.28. The van der Waals surface area contributed by atoms with Gasteiger partial charge in [-0.25, -0.2) is 0 Å². The van der Waals surface area contributed by atoms with E-state index >= 15 is 0 Å². The Labute approximate surface area is 108 Å². The molecule has 0 heterocycles. The number of ether oxygens (including phenoxy) is 1. The number of methoxy groups -OCH3 is 1. The summed E-state index contributed by atoms with van der Waals surface area (Å²) in [7, 11) is 1.65. The standard InChI is InChI=1S/C14H21NO3/c1-4-7-15(10-14(16)17)9-12-5-6-13(18-3)11(2)8-12/h5-6,8H,4,7,9-10H2,1-3H3,(H,16,17). The second-order valence-corrected chi connectivity index (χ2v) is 4.41. The molecule has 4 heteroatoms. The van der Waals surface area contributed by atoms with E-state index in [1.165, 1.54) is 0 Å². The minimum atomic E-state index is -0.784. The summed E-state index contributed by atoms with van der Waals surface area (Å²) in [6.45, 7) is 5.57. The highest BCUT2D eigenvalue weighted by Crippen LogP contribution is 2.19. The van der Waals surface area contributed by atoms with Crippen LogP contribution in [0.25, 0.3) is 0 Å². The van der Waals surface area contributed by atoms with Gasteiger partial charge in [-0.1, -0.05) is 19.1 Å². The van der Waals surface area contributed by atoms with Crippen molar-refractivity contribution in [2.75, 3.05) is 20.2 Å². The van der Waals surface area contributed by atoms with E-state index in [-0.39, 0.29) is 6.54 Å². The quantitative estimate of drug-likeness (QED) is 0.808. The number of nitrogens with zero attached hydrogens (tertiary/aromatic N) is 1. The Kier molecular flexibility index (Phi) is 5.65. The molecule has 0 bridgehead atoms. The molecule has 0 spiro atoms. The Hall–Kier alpha value is -1.55. The molecule has 0 atom stereocenters. The summed E-state index contributed by atoms with van der Waals surface area (Å²) in [5, 5.41) is 8.86. The van der Waals surface area contributed by atoms with Crippen LogP contribution in [0, 0.1) is 6.92 Å².